The Balaban J connectivity index is 2.79. The molecule has 0 unspecified atom stereocenters. The zero-order chi connectivity index (χ0) is 7.83. The summed E-state index contributed by atoms with van der Waals surface area (Å²) in [6.07, 6.45) is 2.76. The summed E-state index contributed by atoms with van der Waals surface area (Å²) in [5.74, 6) is 0. The molecular formula is C7H10FNO. The molecule has 0 atom stereocenters. The topological polar surface area (TPSA) is 29.4 Å². The molecule has 0 aliphatic heterocycles. The van der Waals surface area contributed by atoms with Gasteiger partial charge in [-0.3, -0.25) is 0 Å². The molecule has 10 heavy (non-hydrogen) atoms. The Kier molecular flexibility index (Phi) is 1.41. The van der Waals surface area contributed by atoms with Gasteiger partial charge >= 0.3 is 0 Å². The van der Waals surface area contributed by atoms with Gasteiger partial charge in [0.15, 0.2) is 0 Å². The number of hydrogen-bond donors (Lipinski definition) is 0. The summed E-state index contributed by atoms with van der Waals surface area (Å²) in [4.78, 5) is 13.3. The van der Waals surface area contributed by atoms with Gasteiger partial charge in [0.25, 0.3) is 0 Å². The van der Waals surface area contributed by atoms with Crippen molar-refractivity contribution in [3.05, 3.63) is 0 Å². The van der Waals surface area contributed by atoms with E-state index in [2.05, 4.69) is 4.99 Å². The van der Waals surface area contributed by atoms with Gasteiger partial charge in [-0.05, 0) is 26.7 Å². The van der Waals surface area contributed by atoms with Gasteiger partial charge < -0.3 is 0 Å². The summed E-state index contributed by atoms with van der Waals surface area (Å²) in [5.41, 5.74) is -2.10. The summed E-state index contributed by atoms with van der Waals surface area (Å²) >= 11 is 0. The maximum Gasteiger partial charge on any atom is 0.235 e. The second kappa shape index (κ2) is 1.89. The highest BCUT2D eigenvalue weighted by Gasteiger charge is 2.56. The maximum absolute atomic E-state index is 13.1. The first kappa shape index (κ1) is 7.42. The van der Waals surface area contributed by atoms with Gasteiger partial charge in [-0.25, -0.2) is 9.18 Å². The summed E-state index contributed by atoms with van der Waals surface area (Å²) in [5, 5.41) is 0. The Morgan fingerprint density at radius 1 is 1.60 bits per heavy atom. The average molecular weight is 143 g/mol. The van der Waals surface area contributed by atoms with Crippen LogP contribution in [0.3, 0.4) is 0 Å². The second-order valence-corrected chi connectivity index (χ2v) is 3.21. The number of halogens is 1. The van der Waals surface area contributed by atoms with Gasteiger partial charge in [0.05, 0.1) is 0 Å². The highest BCUT2D eigenvalue weighted by atomic mass is 19.1. The van der Waals surface area contributed by atoms with Crippen LogP contribution < -0.4 is 0 Å². The van der Waals surface area contributed by atoms with Gasteiger partial charge in [0, 0.05) is 0 Å². The minimum absolute atomic E-state index is 0.672. The molecule has 0 aromatic rings. The van der Waals surface area contributed by atoms with Crippen molar-refractivity contribution in [3.8, 4) is 0 Å². The van der Waals surface area contributed by atoms with Crippen LogP contribution in [0.15, 0.2) is 4.99 Å². The fourth-order valence-corrected chi connectivity index (χ4v) is 1.04. The number of hydrogen-bond acceptors (Lipinski definition) is 2. The van der Waals surface area contributed by atoms with Gasteiger partial charge in [-0.2, -0.15) is 4.99 Å². The predicted octanol–water partition coefficient (Wildman–Crippen LogP) is 1.60. The number of nitrogens with zero attached hydrogens (tertiary/aromatic N) is 1. The van der Waals surface area contributed by atoms with Crippen molar-refractivity contribution in [1.29, 1.82) is 0 Å². The Bertz CT molecular complexity index is 184. The van der Waals surface area contributed by atoms with Crippen LogP contribution in [-0.4, -0.2) is 17.3 Å². The van der Waals surface area contributed by atoms with Crippen molar-refractivity contribution in [2.24, 2.45) is 4.99 Å². The lowest BCUT2D eigenvalue weighted by molar-refractivity contribution is 0.161. The molecule has 0 spiro atoms. The van der Waals surface area contributed by atoms with Crippen LogP contribution in [0, 0.1) is 0 Å². The van der Waals surface area contributed by atoms with E-state index in [1.54, 1.807) is 0 Å². The van der Waals surface area contributed by atoms with Gasteiger partial charge in [0.1, 0.15) is 11.2 Å². The van der Waals surface area contributed by atoms with E-state index < -0.39 is 11.2 Å². The molecule has 0 aromatic heterocycles. The number of carbonyl (C=O) groups excluding carboxylic acids is 1. The lowest BCUT2D eigenvalue weighted by atomic mass is 9.99. The smallest absolute Gasteiger partial charge is 0.235 e. The lowest BCUT2D eigenvalue weighted by Gasteiger charge is -2.20. The minimum atomic E-state index is -1.37. The van der Waals surface area contributed by atoms with Crippen molar-refractivity contribution < 1.29 is 9.18 Å². The third kappa shape index (κ3) is 0.971. The summed E-state index contributed by atoms with van der Waals surface area (Å²) in [6, 6.07) is 0. The molecule has 1 aliphatic carbocycles. The van der Waals surface area contributed by atoms with Gasteiger partial charge in [-0.15, -0.1) is 0 Å². The predicted molar refractivity (Wildman–Crippen MR) is 35.3 cm³/mol. The maximum atomic E-state index is 13.1. The molecule has 1 saturated carbocycles. The largest absolute Gasteiger partial charge is 0.242 e. The fourth-order valence-electron chi connectivity index (χ4n) is 1.04. The van der Waals surface area contributed by atoms with Crippen molar-refractivity contribution >= 4 is 6.08 Å². The highest BCUT2D eigenvalue weighted by molar-refractivity contribution is 5.38. The number of isocyanates is 1. The zero-order valence-electron chi connectivity index (χ0n) is 6.15. The van der Waals surface area contributed by atoms with Crippen LogP contribution in [0.25, 0.3) is 0 Å². The van der Waals surface area contributed by atoms with Gasteiger partial charge in [-0.1, -0.05) is 0 Å². The van der Waals surface area contributed by atoms with Crippen LogP contribution in [0.2, 0.25) is 0 Å². The molecule has 1 aliphatic rings. The Morgan fingerprint density at radius 3 is 2.20 bits per heavy atom. The van der Waals surface area contributed by atoms with E-state index in [0.717, 1.165) is 0 Å². The van der Waals surface area contributed by atoms with E-state index >= 15 is 0 Å². The molecule has 0 bridgehead atoms. The van der Waals surface area contributed by atoms with Crippen LogP contribution in [-0.2, 0) is 4.79 Å². The molecule has 1 rings (SSSR count). The quantitative estimate of drug-likeness (QED) is 0.426. The van der Waals surface area contributed by atoms with Crippen molar-refractivity contribution in [2.45, 2.75) is 37.9 Å². The molecule has 0 saturated heterocycles. The molecule has 0 N–H and O–H groups in total. The van der Waals surface area contributed by atoms with Crippen molar-refractivity contribution in [1.82, 2.24) is 0 Å². The van der Waals surface area contributed by atoms with Crippen LogP contribution in [0.5, 0.6) is 0 Å². The van der Waals surface area contributed by atoms with Gasteiger partial charge in [0.2, 0.25) is 6.08 Å². The van der Waals surface area contributed by atoms with Crippen molar-refractivity contribution in [2.75, 3.05) is 0 Å². The first-order valence-corrected chi connectivity index (χ1v) is 3.30. The lowest BCUT2D eigenvalue weighted by Crippen LogP contribution is -2.31. The molecule has 0 radical (unpaired) electrons. The standard InChI is InChI=1S/C7H10FNO/c1-6(2,8)7(3-4-7)9-5-10/h3-4H2,1-2H3. The fraction of sp³-hybridized carbons (Fsp3) is 0.857. The molecule has 0 heterocycles. The summed E-state index contributed by atoms with van der Waals surface area (Å²) < 4.78 is 13.1. The third-order valence-electron chi connectivity index (χ3n) is 2.09. The molecule has 1 fully saturated rings. The highest BCUT2D eigenvalue weighted by Crippen LogP contribution is 2.49. The Hall–Kier alpha value is -0.690. The van der Waals surface area contributed by atoms with Crippen LogP contribution in [0.1, 0.15) is 26.7 Å². The van der Waals surface area contributed by atoms with Crippen LogP contribution in [0.4, 0.5) is 4.39 Å². The Labute approximate surface area is 59.1 Å². The number of aliphatic imine (C=N–C) groups is 1. The van der Waals surface area contributed by atoms with E-state index in [4.69, 9.17) is 0 Å². The first-order valence-electron chi connectivity index (χ1n) is 3.30. The third-order valence-corrected chi connectivity index (χ3v) is 2.09. The average Bonchev–Trinajstić information content (AvgIpc) is 2.45. The monoisotopic (exact) mass is 143 g/mol. The van der Waals surface area contributed by atoms with E-state index in [9.17, 15) is 9.18 Å². The molecule has 0 aromatic carbocycles. The summed E-state index contributed by atoms with van der Waals surface area (Å²) in [7, 11) is 0. The molecule has 56 valence electrons. The summed E-state index contributed by atoms with van der Waals surface area (Å²) in [6.45, 7) is 2.89. The second-order valence-electron chi connectivity index (χ2n) is 3.21. The minimum Gasteiger partial charge on any atom is -0.242 e. The molecule has 0 amide bonds. The van der Waals surface area contributed by atoms with E-state index in [1.165, 1.54) is 19.9 Å². The van der Waals surface area contributed by atoms with E-state index in [0.29, 0.717) is 12.8 Å². The normalized spacial score (nSPS) is 21.5. The molecule has 3 heteroatoms. The van der Waals surface area contributed by atoms with Crippen molar-refractivity contribution in [3.63, 3.8) is 0 Å². The zero-order valence-corrected chi connectivity index (χ0v) is 6.15. The molecular weight excluding hydrogens is 133 g/mol. The molecule has 2 nitrogen and oxygen atoms in total. The van der Waals surface area contributed by atoms with E-state index in [1.807, 2.05) is 0 Å². The SMILES string of the molecule is CC(C)(F)C1(N=C=O)CC1. The Morgan fingerprint density at radius 2 is 2.10 bits per heavy atom. The van der Waals surface area contributed by atoms with E-state index in [-0.39, 0.29) is 0 Å². The van der Waals surface area contributed by atoms with Crippen LogP contribution >= 0.6 is 0 Å². The number of alkyl halides is 1. The first-order chi connectivity index (χ1) is 4.52. The number of rotatable bonds is 2.